The van der Waals surface area contributed by atoms with Gasteiger partial charge in [-0.3, -0.25) is 9.59 Å². The molecule has 0 bridgehead atoms. The monoisotopic (exact) mass is 406 g/mol. The maximum absolute atomic E-state index is 13.2. The Morgan fingerprint density at radius 2 is 1.93 bits per heavy atom. The van der Waals surface area contributed by atoms with Crippen LogP contribution in [0.3, 0.4) is 0 Å². The van der Waals surface area contributed by atoms with Crippen molar-refractivity contribution in [1.29, 1.82) is 0 Å². The lowest BCUT2D eigenvalue weighted by molar-refractivity contribution is -0.139. The quantitative estimate of drug-likeness (QED) is 0.774. The normalized spacial score (nSPS) is 17.9. The summed E-state index contributed by atoms with van der Waals surface area (Å²) in [5.41, 5.74) is -1.58. The van der Waals surface area contributed by atoms with Gasteiger partial charge in [-0.1, -0.05) is 26.8 Å². The lowest BCUT2D eigenvalue weighted by Crippen LogP contribution is -2.47. The number of amides is 2. The van der Waals surface area contributed by atoms with Crippen LogP contribution in [0.1, 0.15) is 38.3 Å². The summed E-state index contributed by atoms with van der Waals surface area (Å²) < 4.78 is 52.3. The molecule has 1 fully saturated rings. The summed E-state index contributed by atoms with van der Waals surface area (Å²) in [6.07, 6.45) is -4.45. The molecule has 1 N–H and O–H groups in total. The highest BCUT2D eigenvalue weighted by molar-refractivity contribution is 7.99. The number of nitrogens with zero attached hydrogens (tertiary/aromatic N) is 1. The molecule has 2 amide bonds. The minimum atomic E-state index is -4.72. The molecule has 0 radical (unpaired) electrons. The number of hydrogen-bond donors (Lipinski definition) is 1. The molecule has 0 aromatic heterocycles. The van der Waals surface area contributed by atoms with Crippen molar-refractivity contribution in [3.8, 4) is 0 Å². The molecule has 1 aliphatic heterocycles. The minimum absolute atomic E-state index is 0.162. The van der Waals surface area contributed by atoms with E-state index in [1.807, 2.05) is 20.8 Å². The third-order valence-electron chi connectivity index (χ3n) is 4.02. The van der Waals surface area contributed by atoms with Crippen LogP contribution in [0.2, 0.25) is 0 Å². The maximum Gasteiger partial charge on any atom is 0.416 e. The standard InChI is InChI=1S/C18H22F4N2O2S/c1-17(2,3)7-15(25)24-10-27-9-14(24)16(26)23-8-11-4-5-12(19)6-13(11)18(20,21)22/h4-6,14H,7-10H2,1-3H3,(H,23,26). The molecule has 0 spiro atoms. The van der Waals surface area contributed by atoms with Crippen molar-refractivity contribution in [2.75, 3.05) is 11.6 Å². The molecule has 0 aliphatic carbocycles. The van der Waals surface area contributed by atoms with Crippen LogP contribution >= 0.6 is 11.8 Å². The number of carbonyl (C=O) groups is 2. The number of benzene rings is 1. The summed E-state index contributed by atoms with van der Waals surface area (Å²) in [5.74, 6) is -0.914. The Morgan fingerprint density at radius 1 is 1.26 bits per heavy atom. The summed E-state index contributed by atoms with van der Waals surface area (Å²) in [7, 11) is 0. The Morgan fingerprint density at radius 3 is 2.52 bits per heavy atom. The van der Waals surface area contributed by atoms with Gasteiger partial charge in [-0.15, -0.1) is 11.8 Å². The molecule has 9 heteroatoms. The number of thioether (sulfide) groups is 1. The summed E-state index contributed by atoms with van der Waals surface area (Å²) in [6, 6.07) is 1.61. The van der Waals surface area contributed by atoms with Crippen LogP contribution in [-0.2, 0) is 22.3 Å². The summed E-state index contributed by atoms with van der Waals surface area (Å²) in [4.78, 5) is 26.3. The van der Waals surface area contributed by atoms with Crippen molar-refractivity contribution >= 4 is 23.6 Å². The van der Waals surface area contributed by atoms with Gasteiger partial charge in [0.1, 0.15) is 11.9 Å². The van der Waals surface area contributed by atoms with Crippen LogP contribution in [0.4, 0.5) is 17.6 Å². The number of halogens is 4. The van der Waals surface area contributed by atoms with E-state index in [1.165, 1.54) is 16.7 Å². The van der Waals surface area contributed by atoms with Crippen molar-refractivity contribution < 1.29 is 27.2 Å². The summed E-state index contributed by atoms with van der Waals surface area (Å²) in [5, 5.41) is 2.45. The van der Waals surface area contributed by atoms with E-state index in [1.54, 1.807) is 0 Å². The molecular weight excluding hydrogens is 384 g/mol. The zero-order chi connectivity index (χ0) is 20.4. The lowest BCUT2D eigenvalue weighted by atomic mass is 9.91. The predicted octanol–water partition coefficient (Wildman–Crippen LogP) is 3.80. The number of hydrogen-bond acceptors (Lipinski definition) is 3. The number of nitrogens with one attached hydrogen (secondary N) is 1. The van der Waals surface area contributed by atoms with Crippen LogP contribution in [0.5, 0.6) is 0 Å². The van der Waals surface area contributed by atoms with E-state index in [9.17, 15) is 27.2 Å². The maximum atomic E-state index is 13.2. The van der Waals surface area contributed by atoms with E-state index in [4.69, 9.17) is 0 Å². The first-order chi connectivity index (χ1) is 12.4. The van der Waals surface area contributed by atoms with Gasteiger partial charge in [-0.25, -0.2) is 4.39 Å². The Hall–Kier alpha value is -1.77. The second kappa shape index (κ2) is 8.08. The Labute approximate surface area is 159 Å². The zero-order valence-electron chi connectivity index (χ0n) is 15.3. The van der Waals surface area contributed by atoms with Crippen LogP contribution < -0.4 is 5.32 Å². The highest BCUT2D eigenvalue weighted by Crippen LogP contribution is 2.32. The molecule has 27 heavy (non-hydrogen) atoms. The third kappa shape index (κ3) is 5.85. The van der Waals surface area contributed by atoms with Crippen molar-refractivity contribution in [2.24, 2.45) is 5.41 Å². The molecule has 1 unspecified atom stereocenters. The molecule has 4 nitrogen and oxygen atoms in total. The van der Waals surface area contributed by atoms with Crippen molar-refractivity contribution in [3.63, 3.8) is 0 Å². The van der Waals surface area contributed by atoms with Crippen LogP contribution in [0.15, 0.2) is 18.2 Å². The molecular formula is C18H22F4N2O2S. The lowest BCUT2D eigenvalue weighted by Gasteiger charge is -2.27. The average Bonchev–Trinajstić information content (AvgIpc) is 3.00. The van der Waals surface area contributed by atoms with Crippen LogP contribution in [0, 0.1) is 11.2 Å². The molecule has 2 rings (SSSR count). The van der Waals surface area contributed by atoms with E-state index in [-0.39, 0.29) is 23.3 Å². The van der Waals surface area contributed by atoms with E-state index in [0.717, 1.165) is 12.1 Å². The fourth-order valence-corrected chi connectivity index (χ4v) is 3.91. The van der Waals surface area contributed by atoms with Crippen molar-refractivity contribution in [2.45, 2.75) is 46.0 Å². The molecule has 1 aromatic carbocycles. The predicted molar refractivity (Wildman–Crippen MR) is 95.3 cm³/mol. The molecule has 0 saturated carbocycles. The van der Waals surface area contributed by atoms with E-state index >= 15 is 0 Å². The molecule has 1 atom stereocenters. The summed E-state index contributed by atoms with van der Waals surface area (Å²) in [6.45, 7) is 5.35. The molecule has 1 aromatic rings. The largest absolute Gasteiger partial charge is 0.416 e. The number of alkyl halides is 3. The zero-order valence-corrected chi connectivity index (χ0v) is 16.1. The van der Waals surface area contributed by atoms with Gasteiger partial charge in [0.25, 0.3) is 0 Å². The fourth-order valence-electron chi connectivity index (χ4n) is 2.73. The molecule has 1 heterocycles. The van der Waals surface area contributed by atoms with Crippen LogP contribution in [0.25, 0.3) is 0 Å². The van der Waals surface area contributed by atoms with E-state index in [2.05, 4.69) is 5.32 Å². The first-order valence-corrected chi connectivity index (χ1v) is 9.54. The molecule has 1 aliphatic rings. The Kier molecular flexibility index (Phi) is 6.44. The number of carbonyl (C=O) groups excluding carboxylic acids is 2. The second-order valence-electron chi connectivity index (χ2n) is 7.63. The fraction of sp³-hybridized carbons (Fsp3) is 0.556. The van der Waals surface area contributed by atoms with Gasteiger partial charge in [0.15, 0.2) is 0 Å². The smallest absolute Gasteiger partial charge is 0.350 e. The second-order valence-corrected chi connectivity index (χ2v) is 8.63. The Bertz CT molecular complexity index is 716. The summed E-state index contributed by atoms with van der Waals surface area (Å²) >= 11 is 1.42. The van der Waals surface area contributed by atoms with Gasteiger partial charge in [0.2, 0.25) is 11.8 Å². The minimum Gasteiger partial charge on any atom is -0.350 e. The van der Waals surface area contributed by atoms with Gasteiger partial charge in [-0.2, -0.15) is 13.2 Å². The topological polar surface area (TPSA) is 49.4 Å². The van der Waals surface area contributed by atoms with Gasteiger partial charge in [0, 0.05) is 18.7 Å². The highest BCUT2D eigenvalue weighted by Gasteiger charge is 2.37. The van der Waals surface area contributed by atoms with E-state index < -0.39 is 36.1 Å². The average molecular weight is 406 g/mol. The molecule has 150 valence electrons. The molecule has 1 saturated heterocycles. The van der Waals surface area contributed by atoms with Gasteiger partial charge >= 0.3 is 6.18 Å². The highest BCUT2D eigenvalue weighted by atomic mass is 32.2. The van der Waals surface area contributed by atoms with Gasteiger partial charge in [0.05, 0.1) is 11.4 Å². The van der Waals surface area contributed by atoms with Gasteiger partial charge < -0.3 is 10.2 Å². The van der Waals surface area contributed by atoms with Crippen molar-refractivity contribution in [1.82, 2.24) is 10.2 Å². The first-order valence-electron chi connectivity index (χ1n) is 8.39. The first kappa shape index (κ1) is 21.5. The SMILES string of the molecule is CC(C)(C)CC(=O)N1CSCC1C(=O)NCc1ccc(F)cc1C(F)(F)F. The Balaban J connectivity index is 2.06. The van der Waals surface area contributed by atoms with Crippen molar-refractivity contribution in [3.05, 3.63) is 35.1 Å². The van der Waals surface area contributed by atoms with Crippen LogP contribution in [-0.4, -0.2) is 34.4 Å². The third-order valence-corrected chi connectivity index (χ3v) is 5.03. The number of rotatable bonds is 4. The van der Waals surface area contributed by atoms with Gasteiger partial charge in [-0.05, 0) is 23.1 Å². The van der Waals surface area contributed by atoms with E-state index in [0.29, 0.717) is 17.7 Å².